The maximum absolute atomic E-state index is 12.2. The van der Waals surface area contributed by atoms with Crippen LogP contribution in [0.3, 0.4) is 0 Å². The fourth-order valence-electron chi connectivity index (χ4n) is 2.23. The van der Waals surface area contributed by atoms with Crippen LogP contribution in [0.2, 0.25) is 0 Å². The van der Waals surface area contributed by atoms with Gasteiger partial charge in [0.25, 0.3) is 5.91 Å². The van der Waals surface area contributed by atoms with Gasteiger partial charge in [0, 0.05) is 23.0 Å². The Bertz CT molecular complexity index is 630. The molecule has 2 aromatic heterocycles. The summed E-state index contributed by atoms with van der Waals surface area (Å²) in [4.78, 5) is 21.9. The summed E-state index contributed by atoms with van der Waals surface area (Å²) in [5.74, 6) is -0.0215. The molecule has 3 rings (SSSR count). The predicted octanol–water partition coefficient (Wildman–Crippen LogP) is 2.27. The zero-order valence-corrected chi connectivity index (χ0v) is 14.5. The van der Waals surface area contributed by atoms with Gasteiger partial charge in [-0.2, -0.15) is 0 Å². The van der Waals surface area contributed by atoms with Crippen molar-refractivity contribution in [2.45, 2.75) is 26.4 Å². The topological polar surface area (TPSA) is 66.9 Å². The second kappa shape index (κ2) is 8.43. The lowest BCUT2D eigenvalue weighted by atomic mass is 10.0. The maximum atomic E-state index is 12.2. The Morgan fingerprint density at radius 1 is 1.36 bits per heavy atom. The van der Waals surface area contributed by atoms with E-state index in [2.05, 4.69) is 20.6 Å². The van der Waals surface area contributed by atoms with Crippen LogP contribution in [0.15, 0.2) is 17.8 Å². The summed E-state index contributed by atoms with van der Waals surface area (Å²) >= 11 is 1.65. The number of hydrogen-bond donors (Lipinski definition) is 2. The lowest BCUT2D eigenvalue weighted by Crippen LogP contribution is -2.27. The largest absolute Gasteiger partial charge is 0.346 e. The molecule has 0 saturated heterocycles. The van der Waals surface area contributed by atoms with E-state index in [-0.39, 0.29) is 30.7 Å². The van der Waals surface area contributed by atoms with Crippen LogP contribution >= 0.6 is 36.2 Å². The van der Waals surface area contributed by atoms with Crippen molar-refractivity contribution in [1.82, 2.24) is 20.6 Å². The van der Waals surface area contributed by atoms with E-state index >= 15 is 0 Å². The first-order valence-corrected chi connectivity index (χ1v) is 7.47. The molecule has 0 aliphatic carbocycles. The zero-order chi connectivity index (χ0) is 13.9. The molecule has 0 fully saturated rings. The lowest BCUT2D eigenvalue weighted by molar-refractivity contribution is 0.0949. The molecule has 0 aromatic carbocycles. The van der Waals surface area contributed by atoms with Crippen LogP contribution in [-0.2, 0) is 19.5 Å². The number of aryl methyl sites for hydroxylation is 1. The molecule has 0 saturated carbocycles. The van der Waals surface area contributed by atoms with Crippen LogP contribution in [0.4, 0.5) is 0 Å². The summed E-state index contributed by atoms with van der Waals surface area (Å²) in [6, 6.07) is 0. The van der Waals surface area contributed by atoms with Gasteiger partial charge in [-0.25, -0.2) is 0 Å². The highest BCUT2D eigenvalue weighted by Gasteiger charge is 2.19. The van der Waals surface area contributed by atoms with E-state index in [0.29, 0.717) is 6.54 Å². The first-order valence-electron chi connectivity index (χ1n) is 6.59. The summed E-state index contributed by atoms with van der Waals surface area (Å²) < 4.78 is 0. The molecule has 3 heterocycles. The van der Waals surface area contributed by atoms with Gasteiger partial charge in [0.05, 0.1) is 29.7 Å². The lowest BCUT2D eigenvalue weighted by Gasteiger charge is -2.14. The van der Waals surface area contributed by atoms with Crippen LogP contribution < -0.4 is 10.6 Å². The highest BCUT2D eigenvalue weighted by Crippen LogP contribution is 2.25. The molecule has 0 unspecified atom stereocenters. The molecule has 22 heavy (non-hydrogen) atoms. The molecule has 1 aliphatic rings. The number of nitrogens with one attached hydrogen (secondary N) is 2. The standard InChI is InChI=1S/C14H16N4OS.2ClH/c1-9-4-17-10(5-16-9)6-18-14(19)12-8-20-13-7-15-3-2-11(12)13;;/h4-5,8,15H,2-3,6-7H2,1H3,(H,18,19);2*1H. The summed E-state index contributed by atoms with van der Waals surface area (Å²) in [5, 5.41) is 8.18. The van der Waals surface area contributed by atoms with Gasteiger partial charge in [0.1, 0.15) is 0 Å². The Hall–Kier alpha value is -1.21. The normalized spacial score (nSPS) is 12.6. The molecule has 2 N–H and O–H groups in total. The van der Waals surface area contributed by atoms with Crippen LogP contribution in [0.1, 0.15) is 32.2 Å². The summed E-state index contributed by atoms with van der Waals surface area (Å²) in [6.45, 7) is 4.11. The number of fused-ring (bicyclic) bond motifs is 1. The van der Waals surface area contributed by atoms with Crippen LogP contribution in [-0.4, -0.2) is 22.4 Å². The number of hydrogen-bond acceptors (Lipinski definition) is 5. The van der Waals surface area contributed by atoms with Crippen molar-refractivity contribution in [3.05, 3.63) is 45.2 Å². The molecular weight excluding hydrogens is 343 g/mol. The van der Waals surface area contributed by atoms with Crippen LogP contribution in [0.25, 0.3) is 0 Å². The quantitative estimate of drug-likeness (QED) is 0.880. The fraction of sp³-hybridized carbons (Fsp3) is 0.357. The van der Waals surface area contributed by atoms with E-state index in [9.17, 15) is 4.79 Å². The van der Waals surface area contributed by atoms with E-state index in [4.69, 9.17) is 0 Å². The molecule has 0 radical (unpaired) electrons. The molecule has 8 heteroatoms. The SMILES string of the molecule is Cc1cnc(CNC(=O)c2csc3c2CCNC3)cn1.Cl.Cl. The number of carbonyl (C=O) groups is 1. The van der Waals surface area contributed by atoms with Crippen LogP contribution in [0, 0.1) is 6.92 Å². The van der Waals surface area contributed by atoms with Crippen molar-refractivity contribution in [2.75, 3.05) is 6.54 Å². The first-order chi connectivity index (χ1) is 9.74. The highest BCUT2D eigenvalue weighted by atomic mass is 35.5. The number of nitrogens with zero attached hydrogens (tertiary/aromatic N) is 2. The molecule has 1 amide bonds. The number of halogens is 2. The molecule has 5 nitrogen and oxygen atoms in total. The Balaban J connectivity index is 0.00000121. The highest BCUT2D eigenvalue weighted by molar-refractivity contribution is 7.10. The minimum Gasteiger partial charge on any atom is -0.346 e. The molecule has 0 spiro atoms. The average Bonchev–Trinajstić information content (AvgIpc) is 2.90. The van der Waals surface area contributed by atoms with E-state index in [1.165, 1.54) is 10.4 Å². The molecule has 2 aromatic rings. The molecule has 0 atom stereocenters. The predicted molar refractivity (Wildman–Crippen MR) is 92.2 cm³/mol. The Morgan fingerprint density at radius 2 is 2.18 bits per heavy atom. The molecule has 1 aliphatic heterocycles. The van der Waals surface area contributed by atoms with Gasteiger partial charge < -0.3 is 10.6 Å². The number of amides is 1. The second-order valence-electron chi connectivity index (χ2n) is 4.81. The third-order valence-electron chi connectivity index (χ3n) is 3.33. The minimum absolute atomic E-state index is 0. The summed E-state index contributed by atoms with van der Waals surface area (Å²) in [5.41, 5.74) is 3.65. The maximum Gasteiger partial charge on any atom is 0.252 e. The zero-order valence-electron chi connectivity index (χ0n) is 12.1. The second-order valence-corrected chi connectivity index (χ2v) is 5.77. The first kappa shape index (κ1) is 18.8. The van der Waals surface area contributed by atoms with Crippen molar-refractivity contribution >= 4 is 42.1 Å². The van der Waals surface area contributed by atoms with Gasteiger partial charge in [-0.1, -0.05) is 0 Å². The minimum atomic E-state index is -0.0215. The van der Waals surface area contributed by atoms with Crippen LogP contribution in [0.5, 0.6) is 0 Å². The van der Waals surface area contributed by atoms with E-state index in [1.54, 1.807) is 23.7 Å². The third kappa shape index (κ3) is 4.16. The van der Waals surface area contributed by atoms with E-state index in [0.717, 1.165) is 36.5 Å². The summed E-state index contributed by atoms with van der Waals surface area (Å²) in [6.07, 6.45) is 4.33. The van der Waals surface area contributed by atoms with Gasteiger partial charge in [-0.05, 0) is 25.5 Å². The average molecular weight is 361 g/mol. The Labute approximate surface area is 145 Å². The van der Waals surface area contributed by atoms with Crippen molar-refractivity contribution in [2.24, 2.45) is 0 Å². The Kier molecular flexibility index (Phi) is 7.22. The van der Waals surface area contributed by atoms with Crippen molar-refractivity contribution in [3.63, 3.8) is 0 Å². The van der Waals surface area contributed by atoms with Gasteiger partial charge in [0.2, 0.25) is 0 Å². The number of thiophene rings is 1. The third-order valence-corrected chi connectivity index (χ3v) is 4.36. The van der Waals surface area contributed by atoms with Gasteiger partial charge in [0.15, 0.2) is 0 Å². The van der Waals surface area contributed by atoms with Gasteiger partial charge in [-0.3, -0.25) is 14.8 Å². The van der Waals surface area contributed by atoms with E-state index < -0.39 is 0 Å². The monoisotopic (exact) mass is 360 g/mol. The smallest absolute Gasteiger partial charge is 0.252 e. The van der Waals surface area contributed by atoms with Gasteiger partial charge >= 0.3 is 0 Å². The van der Waals surface area contributed by atoms with Crippen molar-refractivity contribution < 1.29 is 4.79 Å². The number of aromatic nitrogens is 2. The summed E-state index contributed by atoms with van der Waals surface area (Å²) in [7, 11) is 0. The molecule has 0 bridgehead atoms. The van der Waals surface area contributed by atoms with Gasteiger partial charge in [-0.15, -0.1) is 36.2 Å². The molecular formula is C14H18Cl2N4OS. The van der Waals surface area contributed by atoms with Crippen molar-refractivity contribution in [3.8, 4) is 0 Å². The Morgan fingerprint density at radius 3 is 2.91 bits per heavy atom. The van der Waals surface area contributed by atoms with E-state index in [1.807, 2.05) is 12.3 Å². The molecule has 120 valence electrons. The fourth-order valence-corrected chi connectivity index (χ4v) is 3.28. The number of rotatable bonds is 3. The number of carbonyl (C=O) groups excluding carboxylic acids is 1. The van der Waals surface area contributed by atoms with Crippen molar-refractivity contribution in [1.29, 1.82) is 0 Å².